The number of para-hydroxylation sites is 2. The molecule has 1 amide bonds. The lowest BCUT2D eigenvalue weighted by atomic mass is 9.96. The second-order valence-electron chi connectivity index (χ2n) is 5.46. The van der Waals surface area contributed by atoms with Gasteiger partial charge in [-0.25, -0.2) is 0 Å². The molecule has 5 nitrogen and oxygen atoms in total. The number of anilines is 1. The molecule has 5 heteroatoms. The molecule has 106 valence electrons. The Bertz CT molecular complexity index is 579. The number of benzene rings is 1. The number of fused-ring (bicyclic) bond motifs is 1. The van der Waals surface area contributed by atoms with Crippen LogP contribution in [0.25, 0.3) is 11.1 Å². The zero-order valence-electron chi connectivity index (χ0n) is 11.9. The summed E-state index contributed by atoms with van der Waals surface area (Å²) < 4.78 is 5.77. The SMILES string of the molecule is CN(C)C(=O)C1CCN(c2nc3ccccc3o2)CC1. The van der Waals surface area contributed by atoms with Crippen LogP contribution in [0.3, 0.4) is 0 Å². The summed E-state index contributed by atoms with van der Waals surface area (Å²) in [6.45, 7) is 1.63. The second-order valence-corrected chi connectivity index (χ2v) is 5.46. The van der Waals surface area contributed by atoms with E-state index in [9.17, 15) is 4.79 Å². The van der Waals surface area contributed by atoms with Crippen LogP contribution in [0.1, 0.15) is 12.8 Å². The molecule has 0 N–H and O–H groups in total. The average Bonchev–Trinajstić information content (AvgIpc) is 2.90. The van der Waals surface area contributed by atoms with Crippen LogP contribution in [-0.2, 0) is 4.79 Å². The zero-order valence-corrected chi connectivity index (χ0v) is 11.9. The van der Waals surface area contributed by atoms with Gasteiger partial charge in [-0.05, 0) is 25.0 Å². The molecule has 1 aromatic heterocycles. The van der Waals surface area contributed by atoms with Crippen LogP contribution in [0.15, 0.2) is 28.7 Å². The normalized spacial score (nSPS) is 16.6. The van der Waals surface area contributed by atoms with Crippen molar-refractivity contribution < 1.29 is 9.21 Å². The summed E-state index contributed by atoms with van der Waals surface area (Å²) in [5.41, 5.74) is 1.70. The Labute approximate surface area is 118 Å². The van der Waals surface area contributed by atoms with Gasteiger partial charge in [0.1, 0.15) is 5.52 Å². The van der Waals surface area contributed by atoms with Crippen molar-refractivity contribution in [1.29, 1.82) is 0 Å². The predicted octanol–water partition coefficient (Wildman–Crippen LogP) is 2.13. The fraction of sp³-hybridized carbons (Fsp3) is 0.467. The van der Waals surface area contributed by atoms with Crippen LogP contribution in [0.2, 0.25) is 0 Å². The maximum atomic E-state index is 12.0. The molecule has 0 atom stereocenters. The molecular formula is C15H19N3O2. The third-order valence-corrected chi connectivity index (χ3v) is 3.84. The topological polar surface area (TPSA) is 49.6 Å². The minimum atomic E-state index is 0.130. The Morgan fingerprint density at radius 1 is 1.30 bits per heavy atom. The Balaban J connectivity index is 1.70. The number of oxazole rings is 1. The number of piperidine rings is 1. The Morgan fingerprint density at radius 3 is 2.65 bits per heavy atom. The van der Waals surface area contributed by atoms with Crippen molar-refractivity contribution in [1.82, 2.24) is 9.88 Å². The first-order chi connectivity index (χ1) is 9.65. The second kappa shape index (κ2) is 5.15. The van der Waals surface area contributed by atoms with Crippen LogP contribution in [0.4, 0.5) is 6.01 Å². The van der Waals surface area contributed by atoms with Gasteiger partial charge in [-0.3, -0.25) is 4.79 Å². The van der Waals surface area contributed by atoms with E-state index in [1.807, 2.05) is 38.4 Å². The zero-order chi connectivity index (χ0) is 14.1. The van der Waals surface area contributed by atoms with Crippen molar-refractivity contribution in [3.05, 3.63) is 24.3 Å². The van der Waals surface area contributed by atoms with E-state index in [1.54, 1.807) is 4.90 Å². The summed E-state index contributed by atoms with van der Waals surface area (Å²) in [5.74, 6) is 0.354. The van der Waals surface area contributed by atoms with E-state index in [0.717, 1.165) is 37.0 Å². The molecule has 2 heterocycles. The lowest BCUT2D eigenvalue weighted by molar-refractivity contribution is -0.133. The van der Waals surface area contributed by atoms with Gasteiger partial charge in [0.15, 0.2) is 5.58 Å². The van der Waals surface area contributed by atoms with Crippen LogP contribution in [0, 0.1) is 5.92 Å². The fourth-order valence-corrected chi connectivity index (χ4v) is 2.68. The van der Waals surface area contributed by atoms with Gasteiger partial charge in [0.2, 0.25) is 5.91 Å². The fourth-order valence-electron chi connectivity index (χ4n) is 2.68. The lowest BCUT2D eigenvalue weighted by Crippen LogP contribution is -2.40. The molecule has 0 saturated carbocycles. The van der Waals surface area contributed by atoms with E-state index >= 15 is 0 Å². The number of hydrogen-bond donors (Lipinski definition) is 0. The van der Waals surface area contributed by atoms with Crippen LogP contribution in [-0.4, -0.2) is 43.0 Å². The number of nitrogens with zero attached hydrogens (tertiary/aromatic N) is 3. The number of hydrogen-bond acceptors (Lipinski definition) is 4. The highest BCUT2D eigenvalue weighted by Crippen LogP contribution is 2.26. The highest BCUT2D eigenvalue weighted by Gasteiger charge is 2.27. The van der Waals surface area contributed by atoms with Crippen molar-refractivity contribution in [2.45, 2.75) is 12.8 Å². The first kappa shape index (κ1) is 13.0. The maximum absolute atomic E-state index is 12.0. The van der Waals surface area contributed by atoms with Crippen LogP contribution >= 0.6 is 0 Å². The summed E-state index contributed by atoms with van der Waals surface area (Å²) in [7, 11) is 3.63. The smallest absolute Gasteiger partial charge is 0.298 e. The van der Waals surface area contributed by atoms with Crippen LogP contribution in [0.5, 0.6) is 0 Å². The minimum absolute atomic E-state index is 0.130. The van der Waals surface area contributed by atoms with E-state index in [-0.39, 0.29) is 11.8 Å². The molecule has 1 fully saturated rings. The first-order valence-corrected chi connectivity index (χ1v) is 6.97. The van der Waals surface area contributed by atoms with E-state index in [4.69, 9.17) is 4.42 Å². The van der Waals surface area contributed by atoms with Crippen LogP contribution < -0.4 is 4.90 Å². The molecule has 2 aromatic rings. The summed E-state index contributed by atoms with van der Waals surface area (Å²) in [6, 6.07) is 8.44. The molecule has 1 saturated heterocycles. The van der Waals surface area contributed by atoms with Gasteiger partial charge in [-0.2, -0.15) is 4.98 Å². The molecule has 1 aliphatic heterocycles. The maximum Gasteiger partial charge on any atom is 0.298 e. The largest absolute Gasteiger partial charge is 0.423 e. The quantitative estimate of drug-likeness (QED) is 0.841. The summed E-state index contributed by atoms with van der Waals surface area (Å²) in [5, 5.41) is 0. The third-order valence-electron chi connectivity index (χ3n) is 3.84. The molecule has 0 aliphatic carbocycles. The minimum Gasteiger partial charge on any atom is -0.423 e. The van der Waals surface area contributed by atoms with Gasteiger partial charge in [0.05, 0.1) is 0 Å². The van der Waals surface area contributed by atoms with Gasteiger partial charge in [-0.1, -0.05) is 12.1 Å². The van der Waals surface area contributed by atoms with E-state index < -0.39 is 0 Å². The van der Waals surface area contributed by atoms with Crippen molar-refractivity contribution in [2.24, 2.45) is 5.92 Å². The summed E-state index contributed by atoms with van der Waals surface area (Å²) in [4.78, 5) is 20.3. The number of carbonyl (C=O) groups is 1. The van der Waals surface area contributed by atoms with Crippen molar-refractivity contribution in [3.63, 3.8) is 0 Å². The molecular weight excluding hydrogens is 254 g/mol. The molecule has 1 aliphatic rings. The number of carbonyl (C=O) groups excluding carboxylic acids is 1. The molecule has 0 unspecified atom stereocenters. The van der Waals surface area contributed by atoms with Gasteiger partial charge in [0.25, 0.3) is 6.01 Å². The molecule has 3 rings (SSSR count). The molecule has 0 bridgehead atoms. The predicted molar refractivity (Wildman–Crippen MR) is 77.6 cm³/mol. The molecule has 0 spiro atoms. The molecule has 0 radical (unpaired) electrons. The van der Waals surface area contributed by atoms with E-state index in [0.29, 0.717) is 6.01 Å². The Kier molecular flexibility index (Phi) is 3.34. The van der Waals surface area contributed by atoms with E-state index in [1.165, 1.54) is 0 Å². The Morgan fingerprint density at radius 2 is 2.00 bits per heavy atom. The van der Waals surface area contributed by atoms with Gasteiger partial charge < -0.3 is 14.2 Å². The van der Waals surface area contributed by atoms with E-state index in [2.05, 4.69) is 9.88 Å². The lowest BCUT2D eigenvalue weighted by Gasteiger charge is -2.31. The van der Waals surface area contributed by atoms with Crippen molar-refractivity contribution >= 4 is 23.0 Å². The number of rotatable bonds is 2. The standard InChI is InChI=1S/C15H19N3O2/c1-17(2)14(19)11-7-9-18(10-8-11)15-16-12-5-3-4-6-13(12)20-15/h3-6,11H,7-10H2,1-2H3. The number of aromatic nitrogens is 1. The Hall–Kier alpha value is -2.04. The third kappa shape index (κ3) is 2.35. The van der Waals surface area contributed by atoms with Gasteiger partial charge >= 0.3 is 0 Å². The van der Waals surface area contributed by atoms with Gasteiger partial charge in [-0.15, -0.1) is 0 Å². The molecule has 1 aromatic carbocycles. The first-order valence-electron chi connectivity index (χ1n) is 6.97. The number of amides is 1. The van der Waals surface area contributed by atoms with Crippen molar-refractivity contribution in [2.75, 3.05) is 32.1 Å². The summed E-state index contributed by atoms with van der Waals surface area (Å²) >= 11 is 0. The monoisotopic (exact) mass is 273 g/mol. The van der Waals surface area contributed by atoms with Gasteiger partial charge in [0, 0.05) is 33.1 Å². The average molecular weight is 273 g/mol. The highest BCUT2D eigenvalue weighted by molar-refractivity contribution is 5.78. The van der Waals surface area contributed by atoms with Crippen molar-refractivity contribution in [3.8, 4) is 0 Å². The highest BCUT2D eigenvalue weighted by atomic mass is 16.4. The summed E-state index contributed by atoms with van der Waals surface area (Å²) in [6.07, 6.45) is 1.71. The molecule has 20 heavy (non-hydrogen) atoms.